The monoisotopic (exact) mass is 405 g/mol. The molecule has 0 aliphatic heterocycles. The van der Waals surface area contributed by atoms with Crippen LogP contribution in [0.1, 0.15) is 16.1 Å². The molecule has 0 saturated carbocycles. The molecule has 4 aromatic heterocycles. The summed E-state index contributed by atoms with van der Waals surface area (Å²) >= 11 is 1.26. The van der Waals surface area contributed by atoms with Crippen molar-refractivity contribution in [3.63, 3.8) is 0 Å². The Balaban J connectivity index is 1.52. The van der Waals surface area contributed by atoms with Crippen LogP contribution in [0.4, 0.5) is 22.6 Å². The number of anilines is 4. The summed E-state index contributed by atoms with van der Waals surface area (Å²) in [6.45, 7) is 1.91. The first-order valence-corrected chi connectivity index (χ1v) is 9.41. The van der Waals surface area contributed by atoms with Crippen molar-refractivity contribution in [2.24, 2.45) is 0 Å². The van der Waals surface area contributed by atoms with Gasteiger partial charge in [0.05, 0.1) is 10.6 Å². The maximum absolute atomic E-state index is 11.0. The van der Waals surface area contributed by atoms with Crippen LogP contribution in [-0.2, 0) is 0 Å². The molecular weight excluding hydrogens is 390 g/mol. The molecule has 0 spiro atoms. The number of pyridine rings is 1. The molecular formula is C19H15N7O2S. The van der Waals surface area contributed by atoms with Crippen molar-refractivity contribution >= 4 is 39.9 Å². The quantitative estimate of drug-likeness (QED) is 0.438. The Bertz CT molecular complexity index is 1180. The van der Waals surface area contributed by atoms with Crippen LogP contribution in [0.5, 0.6) is 0 Å². The fourth-order valence-corrected chi connectivity index (χ4v) is 3.23. The van der Waals surface area contributed by atoms with E-state index >= 15 is 0 Å². The summed E-state index contributed by atoms with van der Waals surface area (Å²) in [5.74, 6) is 0.953. The third kappa shape index (κ3) is 4.50. The first-order valence-electron chi connectivity index (χ1n) is 8.53. The molecule has 0 atom stereocenters. The van der Waals surface area contributed by atoms with Crippen molar-refractivity contribution in [1.29, 1.82) is 0 Å². The predicted molar refractivity (Wildman–Crippen MR) is 110 cm³/mol. The summed E-state index contributed by atoms with van der Waals surface area (Å²) < 4.78 is 0. The number of rotatable bonds is 6. The second kappa shape index (κ2) is 7.98. The fourth-order valence-electron chi connectivity index (χ4n) is 2.46. The van der Waals surface area contributed by atoms with Crippen molar-refractivity contribution in [2.45, 2.75) is 6.92 Å². The molecule has 9 nitrogen and oxygen atoms in total. The molecule has 0 aliphatic carbocycles. The average molecular weight is 405 g/mol. The van der Waals surface area contributed by atoms with Crippen LogP contribution in [0, 0.1) is 6.92 Å². The first kappa shape index (κ1) is 18.4. The highest BCUT2D eigenvalue weighted by Crippen LogP contribution is 2.24. The Kier molecular flexibility index (Phi) is 5.08. The summed E-state index contributed by atoms with van der Waals surface area (Å²) in [6, 6.07) is 10.6. The third-order valence-electron chi connectivity index (χ3n) is 3.77. The Morgan fingerprint density at radius 3 is 2.55 bits per heavy atom. The number of aromatic nitrogens is 5. The van der Waals surface area contributed by atoms with Gasteiger partial charge in [0.1, 0.15) is 17.3 Å². The highest BCUT2D eigenvalue weighted by Gasteiger charge is 2.09. The first-order chi connectivity index (χ1) is 14.1. The number of nitrogens with one attached hydrogen (secondary N) is 2. The molecule has 0 bridgehead atoms. The molecule has 4 aromatic rings. The van der Waals surface area contributed by atoms with E-state index in [0.29, 0.717) is 34.1 Å². The van der Waals surface area contributed by atoms with Crippen LogP contribution in [-0.4, -0.2) is 36.0 Å². The lowest BCUT2D eigenvalue weighted by atomic mass is 10.3. The lowest BCUT2D eigenvalue weighted by molar-refractivity contribution is 0.0697. The van der Waals surface area contributed by atoms with E-state index in [-0.39, 0.29) is 5.56 Å². The molecule has 144 valence electrons. The Morgan fingerprint density at radius 1 is 1.00 bits per heavy atom. The molecule has 0 aliphatic rings. The van der Waals surface area contributed by atoms with Crippen LogP contribution in [0.2, 0.25) is 0 Å². The van der Waals surface area contributed by atoms with Gasteiger partial charge >= 0.3 is 5.97 Å². The van der Waals surface area contributed by atoms with E-state index in [0.717, 1.165) is 5.69 Å². The summed E-state index contributed by atoms with van der Waals surface area (Å²) in [6.07, 6.45) is 3.24. The maximum Gasteiger partial charge on any atom is 0.336 e. The van der Waals surface area contributed by atoms with E-state index in [1.807, 2.05) is 25.1 Å². The maximum atomic E-state index is 11.0. The number of thiophene rings is 1. The largest absolute Gasteiger partial charge is 0.478 e. The van der Waals surface area contributed by atoms with Gasteiger partial charge in [-0.2, -0.15) is 4.98 Å². The molecule has 0 saturated heterocycles. The molecule has 0 aromatic carbocycles. The zero-order valence-electron chi connectivity index (χ0n) is 15.2. The van der Waals surface area contributed by atoms with Gasteiger partial charge in [0.25, 0.3) is 0 Å². The molecule has 0 fully saturated rings. The molecule has 0 amide bonds. The van der Waals surface area contributed by atoms with Gasteiger partial charge in [-0.25, -0.2) is 24.7 Å². The summed E-state index contributed by atoms with van der Waals surface area (Å²) in [5.41, 5.74) is 1.78. The topological polar surface area (TPSA) is 126 Å². The molecule has 10 heteroatoms. The van der Waals surface area contributed by atoms with E-state index in [1.165, 1.54) is 17.4 Å². The van der Waals surface area contributed by atoms with Crippen LogP contribution in [0.25, 0.3) is 11.5 Å². The number of carbonyl (C=O) groups is 1. The van der Waals surface area contributed by atoms with E-state index in [1.54, 1.807) is 29.9 Å². The van der Waals surface area contributed by atoms with Crippen molar-refractivity contribution < 1.29 is 9.90 Å². The number of aryl methyl sites for hydroxylation is 1. The van der Waals surface area contributed by atoms with Gasteiger partial charge in [-0.1, -0.05) is 6.07 Å². The van der Waals surface area contributed by atoms with Gasteiger partial charge in [-0.05, 0) is 37.3 Å². The Hall–Kier alpha value is -3.92. The highest BCUT2D eigenvalue weighted by atomic mass is 32.1. The van der Waals surface area contributed by atoms with Gasteiger partial charge in [0.2, 0.25) is 5.95 Å². The SMILES string of the molecule is Cc1cccc(-c2nccc(Nc3ccnc(Nc4cc(C(=O)O)cs4)n3)n2)n1. The molecule has 0 radical (unpaired) electrons. The predicted octanol–water partition coefficient (Wildman–Crippen LogP) is 3.88. The van der Waals surface area contributed by atoms with E-state index < -0.39 is 5.97 Å². The van der Waals surface area contributed by atoms with Crippen LogP contribution in [0.3, 0.4) is 0 Å². The highest BCUT2D eigenvalue weighted by molar-refractivity contribution is 7.14. The fraction of sp³-hybridized carbons (Fsp3) is 0.0526. The lowest BCUT2D eigenvalue weighted by Crippen LogP contribution is -2.02. The molecule has 4 heterocycles. The summed E-state index contributed by atoms with van der Waals surface area (Å²) in [5, 5.41) is 17.3. The number of nitrogens with zero attached hydrogens (tertiary/aromatic N) is 5. The average Bonchev–Trinajstić information content (AvgIpc) is 3.17. The van der Waals surface area contributed by atoms with Crippen LogP contribution in [0.15, 0.2) is 54.2 Å². The number of aromatic carboxylic acids is 1. The summed E-state index contributed by atoms with van der Waals surface area (Å²) in [4.78, 5) is 32.7. The molecule has 4 rings (SSSR count). The van der Waals surface area contributed by atoms with Gasteiger partial charge in [-0.3, -0.25) is 0 Å². The standard InChI is InChI=1S/C19H15N7O2S/c1-11-3-2-4-13(22-11)17-20-7-5-14(24-17)23-15-6-8-21-19(25-15)26-16-9-12(10-29-16)18(27)28/h2-10H,1H3,(H,27,28)(H2,20,21,23,24,25,26). The van der Waals surface area contributed by atoms with Crippen molar-refractivity contribution in [3.8, 4) is 11.5 Å². The zero-order chi connectivity index (χ0) is 20.2. The number of carboxylic acid groups (broad SMARTS) is 1. The van der Waals surface area contributed by atoms with Crippen LogP contribution < -0.4 is 10.6 Å². The summed E-state index contributed by atoms with van der Waals surface area (Å²) in [7, 11) is 0. The Labute approximate surface area is 169 Å². The minimum atomic E-state index is -0.978. The smallest absolute Gasteiger partial charge is 0.336 e. The van der Waals surface area contributed by atoms with E-state index in [9.17, 15) is 4.79 Å². The van der Waals surface area contributed by atoms with E-state index in [2.05, 4.69) is 35.6 Å². The van der Waals surface area contributed by atoms with Gasteiger partial charge in [-0.15, -0.1) is 11.3 Å². The number of carboxylic acids is 1. The minimum absolute atomic E-state index is 0.213. The molecule has 29 heavy (non-hydrogen) atoms. The van der Waals surface area contributed by atoms with Crippen molar-refractivity contribution in [3.05, 3.63) is 65.4 Å². The minimum Gasteiger partial charge on any atom is -0.478 e. The number of hydrogen-bond acceptors (Lipinski definition) is 9. The van der Waals surface area contributed by atoms with Gasteiger partial charge in [0.15, 0.2) is 5.82 Å². The molecule has 0 unspecified atom stereocenters. The van der Waals surface area contributed by atoms with Crippen molar-refractivity contribution in [1.82, 2.24) is 24.9 Å². The van der Waals surface area contributed by atoms with Crippen molar-refractivity contribution in [2.75, 3.05) is 10.6 Å². The van der Waals surface area contributed by atoms with E-state index in [4.69, 9.17) is 5.11 Å². The number of hydrogen-bond donors (Lipinski definition) is 3. The van der Waals surface area contributed by atoms with Gasteiger partial charge in [0, 0.05) is 23.5 Å². The lowest BCUT2D eigenvalue weighted by Gasteiger charge is -2.08. The van der Waals surface area contributed by atoms with Gasteiger partial charge < -0.3 is 15.7 Å². The van der Waals surface area contributed by atoms with Crippen LogP contribution >= 0.6 is 11.3 Å². The zero-order valence-corrected chi connectivity index (χ0v) is 16.0. The third-order valence-corrected chi connectivity index (χ3v) is 4.61. The Morgan fingerprint density at radius 2 is 1.79 bits per heavy atom. The second-order valence-corrected chi connectivity index (χ2v) is 6.86. The second-order valence-electron chi connectivity index (χ2n) is 5.95. The normalized spacial score (nSPS) is 10.5. The molecule has 3 N–H and O–H groups in total.